The van der Waals surface area contributed by atoms with Crippen molar-refractivity contribution in [3.05, 3.63) is 47.7 Å². The van der Waals surface area contributed by atoms with Crippen molar-refractivity contribution < 1.29 is 18.4 Å². The van der Waals surface area contributed by atoms with Crippen LogP contribution in [0.4, 0.5) is 0 Å². The van der Waals surface area contributed by atoms with E-state index in [2.05, 4.69) is 20.6 Å². The van der Waals surface area contributed by atoms with E-state index in [1.165, 1.54) is 12.4 Å². The Hall–Kier alpha value is -3.42. The van der Waals surface area contributed by atoms with Crippen molar-refractivity contribution in [1.82, 2.24) is 20.6 Å². The van der Waals surface area contributed by atoms with Crippen molar-refractivity contribution in [1.29, 1.82) is 0 Å². The number of hydrogen-bond acceptors (Lipinski definition) is 6. The van der Waals surface area contributed by atoms with E-state index in [9.17, 15) is 9.59 Å². The first kappa shape index (κ1) is 24.2. The number of carbonyl (C=O) groups is 2. The number of oxazole rings is 2. The topological polar surface area (TPSA) is 110 Å². The fraction of sp³-hybridized carbons (Fsp3) is 0.440. The average molecular weight is 453 g/mol. The van der Waals surface area contributed by atoms with Crippen molar-refractivity contribution >= 4 is 11.8 Å². The van der Waals surface area contributed by atoms with Crippen molar-refractivity contribution in [3.63, 3.8) is 0 Å². The highest BCUT2D eigenvalue weighted by Gasteiger charge is 2.21. The minimum atomic E-state index is -0.280. The number of amides is 2. The summed E-state index contributed by atoms with van der Waals surface area (Å²) in [5.41, 5.74) is 2.26. The van der Waals surface area contributed by atoms with Gasteiger partial charge in [0.15, 0.2) is 0 Å². The summed E-state index contributed by atoms with van der Waals surface area (Å²) in [5.74, 6) is 0.440. The lowest BCUT2D eigenvalue weighted by Crippen LogP contribution is -2.33. The molecule has 8 heteroatoms. The summed E-state index contributed by atoms with van der Waals surface area (Å²) in [4.78, 5) is 33.5. The minimum absolute atomic E-state index is 0.0949. The number of carbonyl (C=O) groups excluding carboxylic acids is 2. The summed E-state index contributed by atoms with van der Waals surface area (Å²) < 4.78 is 11.5. The van der Waals surface area contributed by atoms with Gasteiger partial charge in [-0.25, -0.2) is 9.97 Å². The van der Waals surface area contributed by atoms with Crippen LogP contribution in [0.2, 0.25) is 0 Å². The zero-order valence-electron chi connectivity index (χ0n) is 19.9. The molecule has 3 aromatic rings. The second kappa shape index (κ2) is 10.9. The molecule has 1 aromatic carbocycles. The normalized spacial score (nSPS) is 11.2. The molecule has 0 bridgehead atoms. The molecule has 2 heterocycles. The largest absolute Gasteiger partial charge is 0.431 e. The Morgan fingerprint density at radius 2 is 1.18 bits per heavy atom. The maximum atomic E-state index is 12.5. The smallest absolute Gasteiger partial charge is 0.288 e. The van der Waals surface area contributed by atoms with E-state index in [1.54, 1.807) is 0 Å². The number of nitrogens with zero attached hydrogens (tertiary/aromatic N) is 2. The fourth-order valence-corrected chi connectivity index (χ4v) is 3.60. The average Bonchev–Trinajstić information content (AvgIpc) is 3.51. The van der Waals surface area contributed by atoms with Crippen molar-refractivity contribution in [2.45, 2.75) is 72.4 Å². The Morgan fingerprint density at radius 1 is 0.788 bits per heavy atom. The van der Waals surface area contributed by atoms with E-state index in [1.807, 2.05) is 52.8 Å². The molecule has 0 atom stereocenters. The predicted octanol–water partition coefficient (Wildman–Crippen LogP) is 5.14. The van der Waals surface area contributed by atoms with Crippen LogP contribution in [0.1, 0.15) is 80.1 Å². The molecule has 8 nitrogen and oxygen atoms in total. The first-order valence-corrected chi connectivity index (χ1v) is 11.5. The second-order valence-electron chi connectivity index (χ2n) is 8.01. The van der Waals surface area contributed by atoms with Gasteiger partial charge in [0.25, 0.3) is 11.8 Å². The molecule has 3 rings (SSSR count). The molecule has 176 valence electrons. The molecule has 2 aromatic heterocycles. The van der Waals surface area contributed by atoms with E-state index < -0.39 is 0 Å². The number of nitrogens with one attached hydrogen (secondary N) is 2. The lowest BCUT2D eigenvalue weighted by atomic mass is 10.0. The zero-order chi connectivity index (χ0) is 24.0. The lowest BCUT2D eigenvalue weighted by Gasteiger charge is -2.13. The van der Waals surface area contributed by atoms with Crippen LogP contribution >= 0.6 is 0 Å². The third-order valence-electron chi connectivity index (χ3n) is 5.90. The Morgan fingerprint density at radius 3 is 1.55 bits per heavy atom. The van der Waals surface area contributed by atoms with Gasteiger partial charge in [-0.1, -0.05) is 33.8 Å². The van der Waals surface area contributed by atoms with E-state index in [0.29, 0.717) is 11.8 Å². The molecule has 0 saturated carbocycles. The van der Waals surface area contributed by atoms with Crippen LogP contribution < -0.4 is 10.6 Å². The summed E-state index contributed by atoms with van der Waals surface area (Å²) >= 11 is 0. The van der Waals surface area contributed by atoms with Crippen LogP contribution in [0, 0.1) is 6.92 Å². The van der Waals surface area contributed by atoms with Crippen LogP contribution in [-0.2, 0) is 0 Å². The zero-order valence-corrected chi connectivity index (χ0v) is 19.9. The molecular weight excluding hydrogens is 420 g/mol. The fourth-order valence-electron chi connectivity index (χ4n) is 3.60. The highest BCUT2D eigenvalue weighted by Crippen LogP contribution is 2.31. The summed E-state index contributed by atoms with van der Waals surface area (Å²) in [5, 5.41) is 5.90. The molecule has 0 saturated heterocycles. The summed E-state index contributed by atoms with van der Waals surface area (Å²) in [6.07, 6.45) is 6.25. The Bertz CT molecular complexity index is 1010. The number of rotatable bonds is 10. The summed E-state index contributed by atoms with van der Waals surface area (Å²) in [6.45, 7) is 10.0. The van der Waals surface area contributed by atoms with Crippen LogP contribution in [0.3, 0.4) is 0 Å². The van der Waals surface area contributed by atoms with Crippen molar-refractivity contribution in [2.75, 3.05) is 0 Å². The third kappa shape index (κ3) is 5.50. The van der Waals surface area contributed by atoms with E-state index in [0.717, 1.165) is 42.4 Å². The molecular formula is C25H32N4O4. The molecule has 0 fully saturated rings. The quantitative estimate of drug-likeness (QED) is 0.441. The van der Waals surface area contributed by atoms with Gasteiger partial charge in [0, 0.05) is 23.2 Å². The monoisotopic (exact) mass is 452 g/mol. The molecule has 0 spiro atoms. The van der Waals surface area contributed by atoms with Crippen LogP contribution in [0.5, 0.6) is 0 Å². The minimum Gasteiger partial charge on any atom is -0.431 e. The number of aromatic nitrogens is 2. The van der Waals surface area contributed by atoms with Gasteiger partial charge >= 0.3 is 0 Å². The van der Waals surface area contributed by atoms with E-state index in [-0.39, 0.29) is 35.4 Å². The van der Waals surface area contributed by atoms with Gasteiger partial charge < -0.3 is 19.5 Å². The second-order valence-corrected chi connectivity index (χ2v) is 8.01. The highest BCUT2D eigenvalue weighted by atomic mass is 16.4. The molecule has 2 amide bonds. The van der Waals surface area contributed by atoms with Gasteiger partial charge in [-0.3, -0.25) is 9.59 Å². The molecule has 0 aliphatic carbocycles. The van der Waals surface area contributed by atoms with Crippen molar-refractivity contribution in [2.24, 2.45) is 0 Å². The standard InChI is InChI=1S/C25H32N4O4/c1-6-16(7-2)28-22(30)20-13-26-24(32-20)18-11-10-12-19(15(18)5)25-27-14-21(33-25)23(31)29-17(8-3)9-4/h10-14,16-17H,6-9H2,1-5H3,(H,28,30)(H,29,31). The molecule has 0 unspecified atom stereocenters. The molecule has 33 heavy (non-hydrogen) atoms. The SMILES string of the molecule is CCC(CC)NC(=O)c1cnc(-c2cccc(-c3ncc(C(=O)NC(CC)CC)o3)c2C)o1. The van der Waals surface area contributed by atoms with Crippen LogP contribution in [0.25, 0.3) is 22.9 Å². The predicted molar refractivity (Wildman–Crippen MR) is 126 cm³/mol. The van der Waals surface area contributed by atoms with Crippen LogP contribution in [0.15, 0.2) is 39.4 Å². The third-order valence-corrected chi connectivity index (χ3v) is 5.90. The summed E-state index contributed by atoms with van der Waals surface area (Å²) in [7, 11) is 0. The van der Waals surface area contributed by atoms with E-state index >= 15 is 0 Å². The van der Waals surface area contributed by atoms with Gasteiger partial charge in [-0.2, -0.15) is 0 Å². The highest BCUT2D eigenvalue weighted by molar-refractivity contribution is 5.92. The van der Waals surface area contributed by atoms with Crippen LogP contribution in [-0.4, -0.2) is 33.9 Å². The van der Waals surface area contributed by atoms with Gasteiger partial charge in [-0.05, 0) is 50.3 Å². The maximum absolute atomic E-state index is 12.5. The molecule has 0 radical (unpaired) electrons. The summed E-state index contributed by atoms with van der Waals surface area (Å²) in [6, 6.07) is 5.74. The van der Waals surface area contributed by atoms with Gasteiger partial charge in [-0.15, -0.1) is 0 Å². The molecule has 0 aliphatic heterocycles. The Balaban J connectivity index is 1.83. The van der Waals surface area contributed by atoms with Gasteiger partial charge in [0.2, 0.25) is 23.3 Å². The first-order chi connectivity index (χ1) is 15.9. The number of hydrogen-bond donors (Lipinski definition) is 2. The van der Waals surface area contributed by atoms with Gasteiger partial charge in [0.05, 0.1) is 12.4 Å². The Labute approximate surface area is 194 Å². The van der Waals surface area contributed by atoms with E-state index in [4.69, 9.17) is 8.83 Å². The van der Waals surface area contributed by atoms with Gasteiger partial charge in [0.1, 0.15) is 0 Å². The lowest BCUT2D eigenvalue weighted by molar-refractivity contribution is 0.0900. The van der Waals surface area contributed by atoms with Crippen molar-refractivity contribution in [3.8, 4) is 22.9 Å². The maximum Gasteiger partial charge on any atom is 0.288 e. The first-order valence-electron chi connectivity index (χ1n) is 11.5. The number of benzene rings is 1. The Kier molecular flexibility index (Phi) is 8.03. The molecule has 2 N–H and O–H groups in total. The molecule has 0 aliphatic rings.